The molecule has 14 heavy (non-hydrogen) atoms. The van der Waals surface area contributed by atoms with E-state index in [1.165, 1.54) is 12.5 Å². The van der Waals surface area contributed by atoms with Crippen molar-refractivity contribution in [1.29, 1.82) is 0 Å². The molecule has 74 valence electrons. The summed E-state index contributed by atoms with van der Waals surface area (Å²) < 4.78 is 13.1. The Kier molecular flexibility index (Phi) is 2.57. The second kappa shape index (κ2) is 3.71. The van der Waals surface area contributed by atoms with Crippen molar-refractivity contribution in [2.45, 2.75) is 25.2 Å². The van der Waals surface area contributed by atoms with Crippen molar-refractivity contribution in [2.75, 3.05) is 0 Å². The molecule has 0 amide bonds. The highest BCUT2D eigenvalue weighted by atomic mass is 19.1. The van der Waals surface area contributed by atoms with Gasteiger partial charge in [-0.1, -0.05) is 18.6 Å². The third-order valence-electron chi connectivity index (χ3n) is 2.87. The van der Waals surface area contributed by atoms with Gasteiger partial charge in [-0.2, -0.15) is 0 Å². The van der Waals surface area contributed by atoms with E-state index in [0.717, 1.165) is 18.4 Å². The van der Waals surface area contributed by atoms with Gasteiger partial charge < -0.3 is 10.0 Å². The third kappa shape index (κ3) is 1.67. The Hall–Kier alpha value is -0.865. The Morgan fingerprint density at radius 3 is 2.50 bits per heavy atom. The molecule has 0 heterocycles. The molecule has 0 atom stereocenters. The lowest BCUT2D eigenvalue weighted by atomic mass is 9.74. The normalized spacial score (nSPS) is 16.5. The van der Waals surface area contributed by atoms with Gasteiger partial charge in [-0.15, -0.1) is 0 Å². The van der Waals surface area contributed by atoms with Crippen LogP contribution in [-0.4, -0.2) is 17.2 Å². The molecule has 1 aromatic carbocycles. The van der Waals surface area contributed by atoms with Crippen LogP contribution in [-0.2, 0) is 0 Å². The van der Waals surface area contributed by atoms with Gasteiger partial charge in [0.15, 0.2) is 0 Å². The minimum Gasteiger partial charge on any atom is -0.423 e. The summed E-state index contributed by atoms with van der Waals surface area (Å²) in [4.78, 5) is 0. The van der Waals surface area contributed by atoms with Gasteiger partial charge >= 0.3 is 7.12 Å². The van der Waals surface area contributed by atoms with Gasteiger partial charge in [-0.25, -0.2) is 4.39 Å². The zero-order valence-electron chi connectivity index (χ0n) is 7.78. The fraction of sp³-hybridized carbons (Fsp3) is 0.400. The van der Waals surface area contributed by atoms with Gasteiger partial charge in [0.1, 0.15) is 5.82 Å². The molecule has 2 rings (SSSR count). The summed E-state index contributed by atoms with van der Waals surface area (Å²) in [7, 11) is -1.71. The molecular weight excluding hydrogens is 182 g/mol. The zero-order chi connectivity index (χ0) is 10.1. The van der Waals surface area contributed by atoms with E-state index in [1.54, 1.807) is 12.1 Å². The van der Waals surface area contributed by atoms with Crippen LogP contribution in [0.2, 0.25) is 0 Å². The summed E-state index contributed by atoms with van der Waals surface area (Å²) in [6.07, 6.45) is 3.44. The molecule has 1 aromatic rings. The van der Waals surface area contributed by atoms with Gasteiger partial charge in [-0.05, 0) is 30.4 Å². The van der Waals surface area contributed by atoms with Crippen LogP contribution >= 0.6 is 0 Å². The van der Waals surface area contributed by atoms with Crippen molar-refractivity contribution in [3.05, 3.63) is 29.6 Å². The third-order valence-corrected chi connectivity index (χ3v) is 2.87. The molecule has 0 unspecified atom stereocenters. The van der Waals surface area contributed by atoms with Crippen molar-refractivity contribution in [1.82, 2.24) is 0 Å². The maximum absolute atomic E-state index is 13.1. The van der Waals surface area contributed by atoms with Crippen molar-refractivity contribution in [2.24, 2.45) is 0 Å². The van der Waals surface area contributed by atoms with E-state index >= 15 is 0 Å². The number of halogens is 1. The Bertz CT molecular complexity index is 337. The summed E-state index contributed by atoms with van der Waals surface area (Å²) in [6, 6.07) is 4.59. The molecule has 0 aromatic heterocycles. The molecule has 2 nitrogen and oxygen atoms in total. The molecule has 4 heteroatoms. The van der Waals surface area contributed by atoms with Crippen LogP contribution < -0.4 is 5.46 Å². The van der Waals surface area contributed by atoms with E-state index in [2.05, 4.69) is 0 Å². The highest BCUT2D eigenvalue weighted by molar-refractivity contribution is 6.58. The van der Waals surface area contributed by atoms with Crippen LogP contribution in [0.25, 0.3) is 0 Å². The summed E-state index contributed by atoms with van der Waals surface area (Å²) in [6.45, 7) is 0. The van der Waals surface area contributed by atoms with Crippen LogP contribution in [0, 0.1) is 5.82 Å². The average molecular weight is 194 g/mol. The first-order valence-electron chi connectivity index (χ1n) is 4.84. The second-order valence-electron chi connectivity index (χ2n) is 3.78. The van der Waals surface area contributed by atoms with Crippen LogP contribution in [0.5, 0.6) is 0 Å². The first-order valence-corrected chi connectivity index (χ1v) is 4.84. The fourth-order valence-corrected chi connectivity index (χ4v) is 1.76. The van der Waals surface area contributed by atoms with Gasteiger partial charge in [0.05, 0.1) is 0 Å². The van der Waals surface area contributed by atoms with Crippen molar-refractivity contribution < 1.29 is 14.4 Å². The molecule has 0 radical (unpaired) electrons. The fourth-order valence-electron chi connectivity index (χ4n) is 1.76. The standard InChI is InChI=1S/C10H12BFO2/c12-10-5-4-8(7-2-1-3-7)6-9(10)11(13)14/h4-7,13-14H,1-3H2. The Morgan fingerprint density at radius 2 is 2.00 bits per heavy atom. The lowest BCUT2D eigenvalue weighted by Gasteiger charge is -2.26. The molecule has 0 bridgehead atoms. The summed E-state index contributed by atoms with van der Waals surface area (Å²) in [5, 5.41) is 17.8. The van der Waals surface area contributed by atoms with Gasteiger partial charge in [-0.3, -0.25) is 0 Å². The number of hydrogen-bond donors (Lipinski definition) is 2. The highest BCUT2D eigenvalue weighted by Gasteiger charge is 2.23. The Morgan fingerprint density at radius 1 is 1.29 bits per heavy atom. The molecule has 0 aliphatic heterocycles. The molecule has 0 saturated heterocycles. The Labute approximate surface area is 82.5 Å². The second-order valence-corrected chi connectivity index (χ2v) is 3.78. The van der Waals surface area contributed by atoms with Gasteiger partial charge in [0, 0.05) is 5.46 Å². The van der Waals surface area contributed by atoms with E-state index < -0.39 is 12.9 Å². The van der Waals surface area contributed by atoms with Gasteiger partial charge in [0.2, 0.25) is 0 Å². The zero-order valence-corrected chi connectivity index (χ0v) is 7.78. The largest absolute Gasteiger partial charge is 0.491 e. The first kappa shape index (κ1) is 9.68. The molecule has 1 fully saturated rings. The van der Waals surface area contributed by atoms with Gasteiger partial charge in [0.25, 0.3) is 0 Å². The Balaban J connectivity index is 2.30. The lowest BCUT2D eigenvalue weighted by molar-refractivity contribution is 0.415. The monoisotopic (exact) mass is 194 g/mol. The molecular formula is C10H12BFO2. The quantitative estimate of drug-likeness (QED) is 0.682. The number of benzene rings is 1. The molecule has 1 saturated carbocycles. The summed E-state index contributed by atoms with van der Waals surface area (Å²) >= 11 is 0. The number of rotatable bonds is 2. The summed E-state index contributed by atoms with van der Waals surface area (Å²) in [5.41, 5.74) is 0.996. The van der Waals surface area contributed by atoms with Crippen molar-refractivity contribution >= 4 is 12.6 Å². The number of hydrogen-bond acceptors (Lipinski definition) is 2. The predicted octanol–water partition coefficient (Wildman–Crippen LogP) is 0.773. The average Bonchev–Trinajstić information content (AvgIpc) is 2.04. The van der Waals surface area contributed by atoms with Crippen LogP contribution in [0.4, 0.5) is 4.39 Å². The van der Waals surface area contributed by atoms with E-state index in [4.69, 9.17) is 10.0 Å². The van der Waals surface area contributed by atoms with E-state index in [-0.39, 0.29) is 5.46 Å². The first-order chi connectivity index (χ1) is 6.68. The lowest BCUT2D eigenvalue weighted by Crippen LogP contribution is -2.33. The van der Waals surface area contributed by atoms with E-state index in [9.17, 15) is 4.39 Å². The predicted molar refractivity (Wildman–Crippen MR) is 52.8 cm³/mol. The molecule has 1 aliphatic carbocycles. The SMILES string of the molecule is OB(O)c1cc(C2CCC2)ccc1F. The van der Waals surface area contributed by atoms with Crippen molar-refractivity contribution in [3.8, 4) is 0 Å². The van der Waals surface area contributed by atoms with Crippen molar-refractivity contribution in [3.63, 3.8) is 0 Å². The van der Waals surface area contributed by atoms with Crippen LogP contribution in [0.15, 0.2) is 18.2 Å². The van der Waals surface area contributed by atoms with E-state index in [0.29, 0.717) is 5.92 Å². The minimum atomic E-state index is -1.71. The highest BCUT2D eigenvalue weighted by Crippen LogP contribution is 2.35. The molecule has 1 aliphatic rings. The van der Waals surface area contributed by atoms with Crippen LogP contribution in [0.1, 0.15) is 30.7 Å². The van der Waals surface area contributed by atoms with E-state index in [1.807, 2.05) is 0 Å². The smallest absolute Gasteiger partial charge is 0.423 e. The molecule has 2 N–H and O–H groups in total. The minimum absolute atomic E-state index is 0.0191. The maximum atomic E-state index is 13.1. The molecule has 0 spiro atoms. The van der Waals surface area contributed by atoms with Crippen LogP contribution in [0.3, 0.4) is 0 Å². The maximum Gasteiger partial charge on any atom is 0.491 e. The summed E-state index contributed by atoms with van der Waals surface area (Å²) in [5.74, 6) is -0.0730. The topological polar surface area (TPSA) is 40.5 Å².